The molecule has 0 spiro atoms. The van der Waals surface area contributed by atoms with Gasteiger partial charge in [-0.3, -0.25) is 14.9 Å². The number of aromatic nitrogens is 2. The van der Waals surface area contributed by atoms with Gasteiger partial charge in [-0.25, -0.2) is 0 Å². The molecule has 0 saturated carbocycles. The second-order valence-corrected chi connectivity index (χ2v) is 7.78. The molecule has 0 aliphatic heterocycles. The Kier molecular flexibility index (Phi) is 5.98. The summed E-state index contributed by atoms with van der Waals surface area (Å²) in [4.78, 5) is 24.7. The smallest absolute Gasteiger partial charge is 0.253 e. The number of hydrogen-bond donors (Lipinski definition) is 2. The van der Waals surface area contributed by atoms with Crippen LogP contribution in [-0.2, 0) is 4.79 Å². The van der Waals surface area contributed by atoms with E-state index in [2.05, 4.69) is 36.8 Å². The minimum Gasteiger partial charge on any atom is -0.340 e. The summed E-state index contributed by atoms with van der Waals surface area (Å²) < 4.78 is 0.669. The van der Waals surface area contributed by atoms with Gasteiger partial charge in [-0.15, -0.1) is 10.2 Å². The SMILES string of the molecule is Cc1cccc(-c2nnc(NC(=O)[C@H](C)NC(=O)c3ccccc3Br)s2)c1. The minimum atomic E-state index is -0.726. The van der Waals surface area contributed by atoms with Crippen molar-refractivity contribution in [2.75, 3.05) is 5.32 Å². The summed E-state index contributed by atoms with van der Waals surface area (Å²) in [7, 11) is 0. The van der Waals surface area contributed by atoms with Gasteiger partial charge in [0.25, 0.3) is 5.91 Å². The van der Waals surface area contributed by atoms with Crippen molar-refractivity contribution >= 4 is 44.2 Å². The van der Waals surface area contributed by atoms with E-state index in [1.165, 1.54) is 11.3 Å². The number of nitrogens with one attached hydrogen (secondary N) is 2. The monoisotopic (exact) mass is 444 g/mol. The van der Waals surface area contributed by atoms with Gasteiger partial charge in [0, 0.05) is 10.0 Å². The molecule has 3 aromatic rings. The van der Waals surface area contributed by atoms with Crippen molar-refractivity contribution in [2.45, 2.75) is 19.9 Å². The Morgan fingerprint density at radius 2 is 1.89 bits per heavy atom. The first-order valence-corrected chi connectivity index (χ1v) is 9.82. The maximum atomic E-state index is 12.4. The molecule has 1 atom stereocenters. The normalized spacial score (nSPS) is 11.7. The molecule has 0 aliphatic carbocycles. The van der Waals surface area contributed by atoms with E-state index in [-0.39, 0.29) is 11.8 Å². The Balaban J connectivity index is 1.63. The van der Waals surface area contributed by atoms with Crippen LogP contribution in [0.5, 0.6) is 0 Å². The maximum Gasteiger partial charge on any atom is 0.253 e. The van der Waals surface area contributed by atoms with E-state index >= 15 is 0 Å². The predicted molar refractivity (Wildman–Crippen MR) is 110 cm³/mol. The molecule has 138 valence electrons. The fraction of sp³-hybridized carbons (Fsp3) is 0.158. The summed E-state index contributed by atoms with van der Waals surface area (Å²) in [5.41, 5.74) is 2.54. The van der Waals surface area contributed by atoms with Crippen LogP contribution in [0.2, 0.25) is 0 Å². The molecule has 0 aliphatic rings. The number of carbonyl (C=O) groups excluding carboxylic acids is 2. The lowest BCUT2D eigenvalue weighted by Gasteiger charge is -2.13. The lowest BCUT2D eigenvalue weighted by Crippen LogP contribution is -2.41. The Hall–Kier alpha value is -2.58. The second-order valence-electron chi connectivity index (χ2n) is 5.95. The molecule has 0 fully saturated rings. The van der Waals surface area contributed by atoms with Crippen molar-refractivity contribution in [3.05, 3.63) is 64.1 Å². The first kappa shape index (κ1) is 19.2. The number of amides is 2. The molecule has 0 radical (unpaired) electrons. The molecule has 0 bridgehead atoms. The van der Waals surface area contributed by atoms with E-state index in [0.29, 0.717) is 15.2 Å². The number of halogens is 1. The van der Waals surface area contributed by atoms with Crippen molar-refractivity contribution in [1.82, 2.24) is 15.5 Å². The van der Waals surface area contributed by atoms with Gasteiger partial charge in [-0.05, 0) is 48.0 Å². The van der Waals surface area contributed by atoms with Crippen LogP contribution in [0.4, 0.5) is 5.13 Å². The molecular weight excluding hydrogens is 428 g/mol. The van der Waals surface area contributed by atoms with Crippen LogP contribution in [0.25, 0.3) is 10.6 Å². The zero-order valence-corrected chi connectivity index (χ0v) is 17.1. The average Bonchev–Trinajstić information content (AvgIpc) is 3.10. The van der Waals surface area contributed by atoms with Crippen LogP contribution in [0.15, 0.2) is 53.0 Å². The Morgan fingerprint density at radius 3 is 2.63 bits per heavy atom. The Morgan fingerprint density at radius 1 is 1.11 bits per heavy atom. The number of benzene rings is 2. The lowest BCUT2D eigenvalue weighted by molar-refractivity contribution is -0.117. The summed E-state index contributed by atoms with van der Waals surface area (Å²) >= 11 is 4.61. The molecule has 2 N–H and O–H groups in total. The Bertz CT molecular complexity index is 989. The van der Waals surface area contributed by atoms with Gasteiger partial charge in [0.15, 0.2) is 0 Å². The number of rotatable bonds is 5. The third-order valence-corrected chi connectivity index (χ3v) is 5.36. The largest absolute Gasteiger partial charge is 0.340 e. The van der Waals surface area contributed by atoms with Gasteiger partial charge in [-0.1, -0.05) is 47.2 Å². The van der Waals surface area contributed by atoms with Crippen LogP contribution < -0.4 is 10.6 Å². The summed E-state index contributed by atoms with van der Waals surface area (Å²) in [5.74, 6) is -0.690. The first-order valence-electron chi connectivity index (χ1n) is 8.21. The zero-order valence-electron chi connectivity index (χ0n) is 14.7. The highest BCUT2D eigenvalue weighted by Gasteiger charge is 2.19. The van der Waals surface area contributed by atoms with Crippen LogP contribution >= 0.6 is 27.3 Å². The van der Waals surface area contributed by atoms with Crippen molar-refractivity contribution in [1.29, 1.82) is 0 Å². The highest BCUT2D eigenvalue weighted by molar-refractivity contribution is 9.10. The molecule has 8 heteroatoms. The van der Waals surface area contributed by atoms with E-state index in [9.17, 15) is 9.59 Å². The van der Waals surface area contributed by atoms with Gasteiger partial charge in [0.2, 0.25) is 11.0 Å². The van der Waals surface area contributed by atoms with Crippen LogP contribution in [-0.4, -0.2) is 28.1 Å². The fourth-order valence-electron chi connectivity index (χ4n) is 2.37. The molecule has 1 aromatic heterocycles. The van der Waals surface area contributed by atoms with Crippen molar-refractivity contribution in [3.8, 4) is 10.6 Å². The predicted octanol–water partition coefficient (Wildman–Crippen LogP) is 4.03. The zero-order chi connectivity index (χ0) is 19.4. The van der Waals surface area contributed by atoms with Crippen LogP contribution in [0.3, 0.4) is 0 Å². The van der Waals surface area contributed by atoms with E-state index in [0.717, 1.165) is 16.1 Å². The van der Waals surface area contributed by atoms with Crippen molar-refractivity contribution in [2.24, 2.45) is 0 Å². The standard InChI is InChI=1S/C19H17BrN4O2S/c1-11-6-5-7-13(10-11)18-23-24-19(27-18)22-16(25)12(2)21-17(26)14-8-3-4-9-15(14)20/h3-10,12H,1-2H3,(H,21,26)(H,22,24,25)/t12-/m0/s1. The summed E-state index contributed by atoms with van der Waals surface area (Å²) in [6.45, 7) is 3.62. The van der Waals surface area contributed by atoms with Crippen molar-refractivity contribution in [3.63, 3.8) is 0 Å². The number of carbonyl (C=O) groups is 2. The summed E-state index contributed by atoms with van der Waals surface area (Å²) in [5, 5.41) is 14.6. The van der Waals surface area contributed by atoms with E-state index in [4.69, 9.17) is 0 Å². The van der Waals surface area contributed by atoms with E-state index in [1.807, 2.05) is 37.3 Å². The fourth-order valence-corrected chi connectivity index (χ4v) is 3.58. The lowest BCUT2D eigenvalue weighted by atomic mass is 10.1. The molecule has 1 heterocycles. The third kappa shape index (κ3) is 4.78. The highest BCUT2D eigenvalue weighted by Crippen LogP contribution is 2.26. The molecule has 2 amide bonds. The second kappa shape index (κ2) is 8.41. The number of anilines is 1. The molecule has 2 aromatic carbocycles. The summed E-state index contributed by atoms with van der Waals surface area (Å²) in [6, 6.07) is 14.2. The Labute approximate surface area is 169 Å². The molecule has 0 unspecified atom stereocenters. The summed E-state index contributed by atoms with van der Waals surface area (Å²) in [6.07, 6.45) is 0. The molecule has 0 saturated heterocycles. The molecule has 27 heavy (non-hydrogen) atoms. The number of nitrogens with zero attached hydrogens (tertiary/aromatic N) is 2. The highest BCUT2D eigenvalue weighted by atomic mass is 79.9. The average molecular weight is 445 g/mol. The van der Waals surface area contributed by atoms with Gasteiger partial charge < -0.3 is 5.32 Å². The van der Waals surface area contributed by atoms with Crippen molar-refractivity contribution < 1.29 is 9.59 Å². The van der Waals surface area contributed by atoms with Gasteiger partial charge in [-0.2, -0.15) is 0 Å². The molecular formula is C19H17BrN4O2S. The minimum absolute atomic E-state index is 0.331. The molecule has 6 nitrogen and oxygen atoms in total. The van der Waals surface area contributed by atoms with Crippen LogP contribution in [0.1, 0.15) is 22.8 Å². The maximum absolute atomic E-state index is 12.4. The molecule has 3 rings (SSSR count). The van der Waals surface area contributed by atoms with Gasteiger partial charge in [0.05, 0.1) is 5.56 Å². The number of hydrogen-bond acceptors (Lipinski definition) is 5. The number of aryl methyl sites for hydroxylation is 1. The first-order chi connectivity index (χ1) is 12.9. The van der Waals surface area contributed by atoms with Crippen LogP contribution in [0, 0.1) is 6.92 Å². The quantitative estimate of drug-likeness (QED) is 0.621. The van der Waals surface area contributed by atoms with E-state index < -0.39 is 6.04 Å². The third-order valence-electron chi connectivity index (χ3n) is 3.78. The van der Waals surface area contributed by atoms with Gasteiger partial charge in [0.1, 0.15) is 11.0 Å². The van der Waals surface area contributed by atoms with E-state index in [1.54, 1.807) is 25.1 Å². The topological polar surface area (TPSA) is 84.0 Å². The van der Waals surface area contributed by atoms with Gasteiger partial charge >= 0.3 is 0 Å².